The molecule has 5 aromatic rings. The van der Waals surface area contributed by atoms with E-state index in [2.05, 4.69) is 11.9 Å². The highest BCUT2D eigenvalue weighted by Gasteiger charge is 2.20. The van der Waals surface area contributed by atoms with Crippen LogP contribution in [0.2, 0.25) is 0 Å². The van der Waals surface area contributed by atoms with E-state index in [1.165, 1.54) is 0 Å². The van der Waals surface area contributed by atoms with E-state index in [4.69, 9.17) is 13.9 Å². The third kappa shape index (κ3) is 5.97. The molecule has 0 aliphatic carbocycles. The molecule has 0 bridgehead atoms. The van der Waals surface area contributed by atoms with Crippen molar-refractivity contribution < 1.29 is 18.7 Å². The number of methoxy groups -OCH3 is 1. The Morgan fingerprint density at radius 1 is 0.925 bits per heavy atom. The summed E-state index contributed by atoms with van der Waals surface area (Å²) in [5.41, 5.74) is 4.91. The van der Waals surface area contributed by atoms with Crippen molar-refractivity contribution in [2.45, 2.75) is 19.6 Å². The predicted molar refractivity (Wildman–Crippen MR) is 157 cm³/mol. The van der Waals surface area contributed by atoms with Crippen LogP contribution in [0.3, 0.4) is 0 Å². The number of benzene rings is 4. The van der Waals surface area contributed by atoms with E-state index >= 15 is 0 Å². The molecule has 0 unspecified atom stereocenters. The van der Waals surface area contributed by atoms with Gasteiger partial charge in [0.05, 0.1) is 24.6 Å². The van der Waals surface area contributed by atoms with Gasteiger partial charge in [-0.3, -0.25) is 4.79 Å². The highest BCUT2D eigenvalue weighted by atomic mass is 16.5. The molecule has 1 aromatic heterocycles. The van der Waals surface area contributed by atoms with E-state index < -0.39 is 6.09 Å². The fourth-order valence-corrected chi connectivity index (χ4v) is 4.57. The Labute approximate surface area is 232 Å². The van der Waals surface area contributed by atoms with Crippen LogP contribution < -0.4 is 15.5 Å². The van der Waals surface area contributed by atoms with Gasteiger partial charge < -0.3 is 19.2 Å². The molecule has 0 spiro atoms. The van der Waals surface area contributed by atoms with Crippen molar-refractivity contribution in [2.75, 3.05) is 7.11 Å². The number of carbonyl (C=O) groups is 1. The molecule has 0 saturated carbocycles. The molecule has 0 radical (unpaired) electrons. The van der Waals surface area contributed by atoms with Crippen LogP contribution in [0.1, 0.15) is 27.8 Å². The maximum Gasteiger partial charge on any atom is 0.407 e. The number of fused-ring (bicyclic) bond motifs is 1. The molecule has 0 aliphatic rings. The maximum absolute atomic E-state index is 14.0. The number of hydrogen-bond acceptors (Lipinski definition) is 5. The van der Waals surface area contributed by atoms with Crippen LogP contribution in [0.25, 0.3) is 28.4 Å². The summed E-state index contributed by atoms with van der Waals surface area (Å²) >= 11 is 0. The van der Waals surface area contributed by atoms with Gasteiger partial charge in [0, 0.05) is 17.5 Å². The zero-order valence-electron chi connectivity index (χ0n) is 22.2. The summed E-state index contributed by atoms with van der Waals surface area (Å²) in [4.78, 5) is 26.6. The van der Waals surface area contributed by atoms with E-state index in [-0.39, 0.29) is 18.6 Å². The van der Waals surface area contributed by atoms with E-state index in [1.54, 1.807) is 31.4 Å². The first-order valence-electron chi connectivity index (χ1n) is 12.9. The van der Waals surface area contributed by atoms with Gasteiger partial charge >= 0.3 is 6.09 Å². The number of alkyl carbamates (subject to hydrolysis) is 1. The lowest BCUT2D eigenvalue weighted by atomic mass is 9.97. The second kappa shape index (κ2) is 12.2. The Bertz CT molecular complexity index is 1690. The number of ether oxygens (including phenoxy) is 2. The summed E-state index contributed by atoms with van der Waals surface area (Å²) in [6, 6.07) is 30.4. The Hall–Kier alpha value is -5.10. The first kappa shape index (κ1) is 26.5. The Balaban J connectivity index is 1.56. The molecule has 1 heterocycles. The molecule has 6 nitrogen and oxygen atoms in total. The minimum absolute atomic E-state index is 0.0698. The standard InChI is InChI=1S/C34H29NO5/c1-3-23-18-27(19-24-10-6-4-7-11-24)33-29(20-23)31(36)30(32(40-33)26-14-16-28(38-2)17-15-26)21-35-34(37)39-22-25-12-8-5-9-13-25/h3-18,20H,1,19,21-22H2,2H3,(H,35,37). The number of amides is 1. The van der Waals surface area contributed by atoms with E-state index in [0.29, 0.717) is 40.0 Å². The first-order chi connectivity index (χ1) is 19.6. The lowest BCUT2D eigenvalue weighted by Crippen LogP contribution is -2.27. The molecular formula is C34H29NO5. The molecule has 4 aromatic carbocycles. The van der Waals surface area contributed by atoms with E-state index in [1.807, 2.05) is 78.9 Å². The highest BCUT2D eigenvalue weighted by Crippen LogP contribution is 2.31. The number of carbonyl (C=O) groups excluding carboxylic acids is 1. The van der Waals surface area contributed by atoms with E-state index in [9.17, 15) is 9.59 Å². The molecule has 0 aliphatic heterocycles. The van der Waals surface area contributed by atoms with Crippen molar-refractivity contribution in [3.8, 4) is 17.1 Å². The normalized spacial score (nSPS) is 10.7. The van der Waals surface area contributed by atoms with Crippen molar-refractivity contribution in [2.24, 2.45) is 0 Å². The second-order valence-electron chi connectivity index (χ2n) is 9.31. The van der Waals surface area contributed by atoms with Crippen LogP contribution in [-0.2, 0) is 24.3 Å². The van der Waals surface area contributed by atoms with Crippen molar-refractivity contribution in [1.82, 2.24) is 5.32 Å². The van der Waals surface area contributed by atoms with Gasteiger partial charge in [0.2, 0.25) is 0 Å². The maximum atomic E-state index is 14.0. The van der Waals surface area contributed by atoms with Crippen LogP contribution in [0.15, 0.2) is 113 Å². The molecule has 1 N–H and O–H groups in total. The number of hydrogen-bond donors (Lipinski definition) is 1. The number of nitrogens with one attached hydrogen (secondary N) is 1. The van der Waals surface area contributed by atoms with Crippen LogP contribution in [-0.4, -0.2) is 13.2 Å². The van der Waals surface area contributed by atoms with Crippen LogP contribution in [0, 0.1) is 0 Å². The largest absolute Gasteiger partial charge is 0.497 e. The Morgan fingerprint density at radius 3 is 2.25 bits per heavy atom. The molecule has 5 rings (SSSR count). The molecule has 6 heteroatoms. The summed E-state index contributed by atoms with van der Waals surface area (Å²) in [7, 11) is 1.59. The summed E-state index contributed by atoms with van der Waals surface area (Å²) < 4.78 is 17.2. The van der Waals surface area contributed by atoms with Crippen molar-refractivity contribution >= 4 is 23.1 Å². The van der Waals surface area contributed by atoms with Crippen molar-refractivity contribution in [3.63, 3.8) is 0 Å². The SMILES string of the molecule is C=Cc1cc(Cc2ccccc2)c2oc(-c3ccc(OC)cc3)c(CNC(=O)OCc3ccccc3)c(=O)c2c1. The van der Waals surface area contributed by atoms with E-state index in [0.717, 1.165) is 22.3 Å². The molecule has 0 saturated heterocycles. The Kier molecular flexibility index (Phi) is 8.07. The summed E-state index contributed by atoms with van der Waals surface area (Å²) in [6.45, 7) is 3.96. The molecular weight excluding hydrogens is 502 g/mol. The molecule has 40 heavy (non-hydrogen) atoms. The van der Waals surface area contributed by atoms with Gasteiger partial charge in [-0.25, -0.2) is 4.79 Å². The number of rotatable bonds is 9. The highest BCUT2D eigenvalue weighted by molar-refractivity contribution is 5.86. The van der Waals surface area contributed by atoms with Gasteiger partial charge in [-0.05, 0) is 53.1 Å². The molecule has 0 fully saturated rings. The minimum atomic E-state index is -0.631. The Morgan fingerprint density at radius 2 is 1.60 bits per heavy atom. The molecule has 200 valence electrons. The lowest BCUT2D eigenvalue weighted by Gasteiger charge is -2.15. The monoisotopic (exact) mass is 531 g/mol. The molecule has 0 atom stereocenters. The van der Waals surface area contributed by atoms with Crippen LogP contribution in [0.4, 0.5) is 4.79 Å². The average molecular weight is 532 g/mol. The lowest BCUT2D eigenvalue weighted by molar-refractivity contribution is 0.139. The summed E-state index contributed by atoms with van der Waals surface area (Å²) in [5.74, 6) is 1.06. The van der Waals surface area contributed by atoms with Gasteiger partial charge in [-0.1, -0.05) is 73.3 Å². The fraction of sp³-hybridized carbons (Fsp3) is 0.118. The van der Waals surface area contributed by atoms with Crippen molar-refractivity contribution in [3.05, 3.63) is 142 Å². The zero-order valence-corrected chi connectivity index (χ0v) is 22.2. The van der Waals surface area contributed by atoms with Crippen LogP contribution in [0.5, 0.6) is 5.75 Å². The predicted octanol–water partition coefficient (Wildman–Crippen LogP) is 7.13. The van der Waals surface area contributed by atoms with Gasteiger partial charge in [0.25, 0.3) is 0 Å². The quantitative estimate of drug-likeness (QED) is 0.219. The summed E-state index contributed by atoms with van der Waals surface area (Å²) in [5, 5.41) is 3.15. The van der Waals surface area contributed by atoms with Gasteiger partial charge in [0.15, 0.2) is 5.43 Å². The van der Waals surface area contributed by atoms with Gasteiger partial charge in [0.1, 0.15) is 23.7 Å². The zero-order chi connectivity index (χ0) is 27.9. The fourth-order valence-electron chi connectivity index (χ4n) is 4.57. The van der Waals surface area contributed by atoms with Crippen molar-refractivity contribution in [1.29, 1.82) is 0 Å². The van der Waals surface area contributed by atoms with Crippen LogP contribution >= 0.6 is 0 Å². The van der Waals surface area contributed by atoms with Gasteiger partial charge in [-0.15, -0.1) is 0 Å². The smallest absolute Gasteiger partial charge is 0.407 e. The average Bonchev–Trinajstić information content (AvgIpc) is 3.00. The minimum Gasteiger partial charge on any atom is -0.497 e. The second-order valence-corrected chi connectivity index (χ2v) is 9.31. The summed E-state index contributed by atoms with van der Waals surface area (Å²) in [6.07, 6.45) is 1.66. The van der Waals surface area contributed by atoms with Gasteiger partial charge in [-0.2, -0.15) is 0 Å². The third-order valence-electron chi connectivity index (χ3n) is 6.63. The molecule has 1 amide bonds. The topological polar surface area (TPSA) is 77.8 Å². The third-order valence-corrected chi connectivity index (χ3v) is 6.63. The first-order valence-corrected chi connectivity index (χ1v) is 12.9.